The van der Waals surface area contributed by atoms with E-state index in [2.05, 4.69) is 29.8 Å². The molecule has 0 amide bonds. The highest BCUT2D eigenvalue weighted by Gasteiger charge is 2.35. The van der Waals surface area contributed by atoms with Gasteiger partial charge in [-0.1, -0.05) is 43.3 Å². The minimum absolute atomic E-state index is 0.0117. The Morgan fingerprint density at radius 1 is 1.23 bits per heavy atom. The van der Waals surface area contributed by atoms with Gasteiger partial charge in [0.25, 0.3) is 0 Å². The number of para-hydroxylation sites is 1. The zero-order valence-corrected chi connectivity index (χ0v) is 17.5. The Morgan fingerprint density at radius 2 is 1.97 bits per heavy atom. The highest BCUT2D eigenvalue weighted by molar-refractivity contribution is 5.70. The van der Waals surface area contributed by atoms with Crippen molar-refractivity contribution in [2.45, 2.75) is 71.4 Å². The highest BCUT2D eigenvalue weighted by Crippen LogP contribution is 2.45. The summed E-state index contributed by atoms with van der Waals surface area (Å²) >= 11 is 0. The zero-order chi connectivity index (χ0) is 21.7. The van der Waals surface area contributed by atoms with Crippen molar-refractivity contribution in [1.82, 2.24) is 5.16 Å². The predicted octanol–water partition coefficient (Wildman–Crippen LogP) is 7.02. The number of ether oxygens (including phenoxy) is 2. The van der Waals surface area contributed by atoms with Crippen LogP contribution >= 0.6 is 0 Å². The lowest BCUT2D eigenvalue weighted by atomic mass is 10.0. The summed E-state index contributed by atoms with van der Waals surface area (Å²) in [5.74, 6) is 1.13. The van der Waals surface area contributed by atoms with E-state index in [1.165, 1.54) is 12.1 Å². The summed E-state index contributed by atoms with van der Waals surface area (Å²) in [6.07, 6.45) is 2.91. The molecule has 1 aliphatic carbocycles. The first-order valence-electron chi connectivity index (χ1n) is 10.3. The van der Waals surface area contributed by atoms with Crippen molar-refractivity contribution in [3.05, 3.63) is 47.7 Å². The molecule has 3 rings (SSSR count). The van der Waals surface area contributed by atoms with Crippen LogP contribution in [-0.2, 0) is 11.3 Å². The molecule has 30 heavy (non-hydrogen) atoms. The van der Waals surface area contributed by atoms with Gasteiger partial charge in [-0.2, -0.15) is 0 Å². The number of hydrogen-bond acceptors (Lipinski definition) is 4. The summed E-state index contributed by atoms with van der Waals surface area (Å²) in [4.78, 5) is 0. The molecule has 1 aliphatic rings. The standard InChI is InChI=1S/C23H28F3NO3/c1-4-5-8-17(13-15(2)3)28-14-19-21(27-30-22(19)16-11-12-16)18-9-6-7-10-20(18)29-23(24,25)26/h4-7,9-10,15-17H,8,11-14H2,1-3H3/b5-4-. The van der Waals surface area contributed by atoms with Crippen LogP contribution in [0.5, 0.6) is 5.75 Å². The number of halogens is 3. The van der Waals surface area contributed by atoms with Gasteiger partial charge in [-0.3, -0.25) is 0 Å². The Morgan fingerprint density at radius 3 is 2.60 bits per heavy atom. The van der Waals surface area contributed by atoms with Crippen molar-refractivity contribution >= 4 is 0 Å². The van der Waals surface area contributed by atoms with Gasteiger partial charge in [-0.25, -0.2) is 0 Å². The molecule has 0 bridgehead atoms. The number of aromatic nitrogens is 1. The van der Waals surface area contributed by atoms with E-state index in [4.69, 9.17) is 9.26 Å². The van der Waals surface area contributed by atoms with E-state index in [0.29, 0.717) is 22.9 Å². The summed E-state index contributed by atoms with van der Waals surface area (Å²) < 4.78 is 54.6. The molecule has 0 aliphatic heterocycles. The Bertz CT molecular complexity index is 854. The molecule has 0 spiro atoms. The molecule has 1 saturated carbocycles. The van der Waals surface area contributed by atoms with Crippen molar-refractivity contribution in [2.24, 2.45) is 5.92 Å². The van der Waals surface area contributed by atoms with Gasteiger partial charge in [0.2, 0.25) is 0 Å². The molecule has 0 radical (unpaired) electrons. The monoisotopic (exact) mass is 423 g/mol. The normalized spacial score (nSPS) is 15.8. The number of benzene rings is 1. The Balaban J connectivity index is 1.89. The van der Waals surface area contributed by atoms with Gasteiger partial charge in [0, 0.05) is 17.0 Å². The first-order valence-corrected chi connectivity index (χ1v) is 10.3. The molecule has 0 N–H and O–H groups in total. The fourth-order valence-electron chi connectivity index (χ4n) is 3.46. The van der Waals surface area contributed by atoms with Gasteiger partial charge in [0.05, 0.1) is 12.7 Å². The van der Waals surface area contributed by atoms with E-state index in [0.717, 1.165) is 25.7 Å². The average molecular weight is 423 g/mol. The molecule has 0 saturated heterocycles. The second kappa shape index (κ2) is 9.69. The Kier molecular flexibility index (Phi) is 7.23. The van der Waals surface area contributed by atoms with Gasteiger partial charge in [-0.15, -0.1) is 13.2 Å². The fourth-order valence-corrected chi connectivity index (χ4v) is 3.46. The van der Waals surface area contributed by atoms with Crippen molar-refractivity contribution in [1.29, 1.82) is 0 Å². The van der Waals surface area contributed by atoms with Crippen LogP contribution in [0.1, 0.15) is 63.7 Å². The van der Waals surface area contributed by atoms with Crippen LogP contribution in [0.2, 0.25) is 0 Å². The molecule has 4 nitrogen and oxygen atoms in total. The number of nitrogens with zero attached hydrogens (tertiary/aromatic N) is 1. The van der Waals surface area contributed by atoms with Crippen molar-refractivity contribution in [3.63, 3.8) is 0 Å². The van der Waals surface area contributed by atoms with Crippen LogP contribution in [0, 0.1) is 5.92 Å². The topological polar surface area (TPSA) is 44.5 Å². The van der Waals surface area contributed by atoms with Gasteiger partial charge in [0.15, 0.2) is 0 Å². The Hall–Kier alpha value is -2.28. The third kappa shape index (κ3) is 6.11. The molecule has 1 fully saturated rings. The van der Waals surface area contributed by atoms with Gasteiger partial charge >= 0.3 is 6.36 Å². The van der Waals surface area contributed by atoms with E-state index < -0.39 is 6.36 Å². The Labute approximate surface area is 175 Å². The molecule has 1 unspecified atom stereocenters. The number of allylic oxidation sites excluding steroid dienone is 1. The van der Waals surface area contributed by atoms with Crippen LogP contribution < -0.4 is 4.74 Å². The van der Waals surface area contributed by atoms with E-state index in [9.17, 15) is 13.2 Å². The van der Waals surface area contributed by atoms with E-state index in [-0.39, 0.29) is 29.9 Å². The molecule has 1 atom stereocenters. The van der Waals surface area contributed by atoms with Crippen molar-refractivity contribution in [3.8, 4) is 17.0 Å². The largest absolute Gasteiger partial charge is 0.573 e. The summed E-state index contributed by atoms with van der Waals surface area (Å²) in [7, 11) is 0. The SMILES string of the molecule is C/C=C\CC(CC(C)C)OCc1c(-c2ccccc2OC(F)(F)F)noc1C1CC1. The maximum Gasteiger partial charge on any atom is 0.573 e. The van der Waals surface area contributed by atoms with E-state index >= 15 is 0 Å². The number of alkyl halides is 3. The minimum atomic E-state index is -4.79. The lowest BCUT2D eigenvalue weighted by molar-refractivity contribution is -0.274. The molecule has 1 heterocycles. The second-order valence-electron chi connectivity index (χ2n) is 8.06. The zero-order valence-electron chi connectivity index (χ0n) is 17.5. The summed E-state index contributed by atoms with van der Waals surface area (Å²) in [5.41, 5.74) is 1.31. The van der Waals surface area contributed by atoms with Crippen LogP contribution in [0.15, 0.2) is 40.9 Å². The van der Waals surface area contributed by atoms with E-state index in [1.54, 1.807) is 12.1 Å². The smallest absolute Gasteiger partial charge is 0.405 e. The average Bonchev–Trinajstić information content (AvgIpc) is 3.43. The third-order valence-corrected chi connectivity index (χ3v) is 4.97. The lowest BCUT2D eigenvalue weighted by Crippen LogP contribution is -2.18. The lowest BCUT2D eigenvalue weighted by Gasteiger charge is -2.19. The molecular weight excluding hydrogens is 395 g/mol. The van der Waals surface area contributed by atoms with E-state index in [1.807, 2.05) is 13.0 Å². The summed E-state index contributed by atoms with van der Waals surface area (Å²) in [5, 5.41) is 4.12. The van der Waals surface area contributed by atoms with Crippen molar-refractivity contribution < 1.29 is 27.2 Å². The van der Waals surface area contributed by atoms with Crippen LogP contribution in [0.25, 0.3) is 11.3 Å². The molecule has 2 aromatic rings. The van der Waals surface area contributed by atoms with Crippen LogP contribution in [0.3, 0.4) is 0 Å². The maximum atomic E-state index is 12.9. The minimum Gasteiger partial charge on any atom is -0.405 e. The molecule has 1 aromatic heterocycles. The first-order chi connectivity index (χ1) is 14.3. The van der Waals surface area contributed by atoms with Gasteiger partial charge in [0.1, 0.15) is 17.2 Å². The second-order valence-corrected chi connectivity index (χ2v) is 8.06. The first kappa shape index (κ1) is 22.4. The quantitative estimate of drug-likeness (QED) is 0.385. The van der Waals surface area contributed by atoms with Gasteiger partial charge < -0.3 is 14.0 Å². The summed E-state index contributed by atoms with van der Waals surface area (Å²) in [6.45, 7) is 6.47. The highest BCUT2D eigenvalue weighted by atomic mass is 19.4. The summed E-state index contributed by atoms with van der Waals surface area (Å²) in [6, 6.07) is 6.00. The van der Waals surface area contributed by atoms with Crippen LogP contribution in [-0.4, -0.2) is 17.6 Å². The number of hydrogen-bond donors (Lipinski definition) is 0. The maximum absolute atomic E-state index is 12.9. The molecular formula is C23H28F3NO3. The predicted molar refractivity (Wildman–Crippen MR) is 108 cm³/mol. The molecule has 1 aromatic carbocycles. The van der Waals surface area contributed by atoms with Crippen LogP contribution in [0.4, 0.5) is 13.2 Å². The fraction of sp³-hybridized carbons (Fsp3) is 0.522. The van der Waals surface area contributed by atoms with Gasteiger partial charge in [-0.05, 0) is 50.7 Å². The third-order valence-electron chi connectivity index (χ3n) is 4.97. The number of rotatable bonds is 10. The van der Waals surface area contributed by atoms with Crippen molar-refractivity contribution in [2.75, 3.05) is 0 Å². The molecule has 164 valence electrons. The molecule has 7 heteroatoms.